The maximum atomic E-state index is 12.8. The molecule has 0 aliphatic rings. The molecule has 0 spiro atoms. The van der Waals surface area contributed by atoms with Crippen molar-refractivity contribution in [3.63, 3.8) is 0 Å². The number of methoxy groups -OCH3 is 1. The maximum Gasteiger partial charge on any atom is 0.349 e. The van der Waals surface area contributed by atoms with Crippen LogP contribution in [0.25, 0.3) is 0 Å². The Bertz CT molecular complexity index is 771. The van der Waals surface area contributed by atoms with Crippen LogP contribution >= 0.6 is 22.9 Å². The Morgan fingerprint density at radius 1 is 1.33 bits per heavy atom. The summed E-state index contributed by atoms with van der Waals surface area (Å²) in [4.78, 5) is 11.4. The van der Waals surface area contributed by atoms with Crippen molar-refractivity contribution in [2.24, 2.45) is 0 Å². The molecule has 0 bridgehead atoms. The maximum absolute atomic E-state index is 12.8. The molecule has 0 unspecified atom stereocenters. The fourth-order valence-corrected chi connectivity index (χ4v) is 4.20. The van der Waals surface area contributed by atoms with Crippen molar-refractivity contribution in [2.45, 2.75) is 4.21 Å². The molecule has 0 aliphatic carbocycles. The van der Waals surface area contributed by atoms with Crippen LogP contribution in [-0.4, -0.2) is 21.5 Å². The lowest BCUT2D eigenvalue weighted by molar-refractivity contribution is 0.0606. The summed E-state index contributed by atoms with van der Waals surface area (Å²) >= 11 is 6.51. The van der Waals surface area contributed by atoms with E-state index in [9.17, 15) is 17.6 Å². The molecule has 2 aromatic rings. The number of carbonyl (C=O) groups is 1. The van der Waals surface area contributed by atoms with E-state index in [0.717, 1.165) is 18.2 Å². The molecule has 0 aliphatic heterocycles. The Labute approximate surface area is 129 Å². The first kappa shape index (κ1) is 15.7. The monoisotopic (exact) mass is 349 g/mol. The summed E-state index contributed by atoms with van der Waals surface area (Å²) < 4.78 is 43.7. The van der Waals surface area contributed by atoms with Gasteiger partial charge in [-0.25, -0.2) is 17.6 Å². The van der Waals surface area contributed by atoms with Gasteiger partial charge in [-0.2, -0.15) is 0 Å². The van der Waals surface area contributed by atoms with E-state index in [1.165, 1.54) is 19.2 Å². The highest BCUT2D eigenvalue weighted by Gasteiger charge is 2.23. The molecule has 5 nitrogen and oxygen atoms in total. The van der Waals surface area contributed by atoms with Crippen LogP contribution in [0.5, 0.6) is 0 Å². The fourth-order valence-electron chi connectivity index (χ4n) is 1.44. The molecule has 1 aromatic heterocycles. The van der Waals surface area contributed by atoms with E-state index in [-0.39, 0.29) is 19.8 Å². The number of thiophene rings is 1. The molecule has 9 heteroatoms. The average molecular weight is 350 g/mol. The van der Waals surface area contributed by atoms with Crippen LogP contribution in [0, 0.1) is 5.82 Å². The van der Waals surface area contributed by atoms with Crippen LogP contribution < -0.4 is 4.72 Å². The molecular weight excluding hydrogens is 341 g/mol. The van der Waals surface area contributed by atoms with Gasteiger partial charge in [-0.1, -0.05) is 11.6 Å². The first-order valence-corrected chi connectivity index (χ1v) is 8.17. The van der Waals surface area contributed by atoms with Gasteiger partial charge in [0.05, 0.1) is 12.1 Å². The quantitative estimate of drug-likeness (QED) is 0.861. The summed E-state index contributed by atoms with van der Waals surface area (Å²) in [6.07, 6.45) is 0. The predicted molar refractivity (Wildman–Crippen MR) is 77.9 cm³/mol. The van der Waals surface area contributed by atoms with Crippen LogP contribution in [0.15, 0.2) is 34.5 Å². The minimum atomic E-state index is -3.92. The Morgan fingerprint density at radius 3 is 2.52 bits per heavy atom. The van der Waals surface area contributed by atoms with Gasteiger partial charge in [0, 0.05) is 5.69 Å². The van der Waals surface area contributed by atoms with E-state index in [0.29, 0.717) is 11.3 Å². The molecule has 1 aromatic carbocycles. The lowest BCUT2D eigenvalue weighted by Crippen LogP contribution is -2.11. The highest BCUT2D eigenvalue weighted by atomic mass is 35.5. The third-order valence-electron chi connectivity index (χ3n) is 2.40. The lowest BCUT2D eigenvalue weighted by Gasteiger charge is -2.05. The van der Waals surface area contributed by atoms with Crippen molar-refractivity contribution >= 4 is 44.6 Å². The van der Waals surface area contributed by atoms with E-state index in [2.05, 4.69) is 9.46 Å². The van der Waals surface area contributed by atoms with Gasteiger partial charge in [0.25, 0.3) is 10.0 Å². The molecule has 0 saturated heterocycles. The fraction of sp³-hybridized carbons (Fsp3) is 0.0833. The molecule has 0 fully saturated rings. The second-order valence-corrected chi connectivity index (χ2v) is 7.22. The molecule has 2 rings (SSSR count). The van der Waals surface area contributed by atoms with Gasteiger partial charge in [-0.3, -0.25) is 4.72 Å². The summed E-state index contributed by atoms with van der Waals surface area (Å²) in [6.45, 7) is 0. The van der Waals surface area contributed by atoms with E-state index in [1.54, 1.807) is 0 Å². The van der Waals surface area contributed by atoms with E-state index < -0.39 is 21.8 Å². The number of sulfonamides is 1. The van der Waals surface area contributed by atoms with Gasteiger partial charge >= 0.3 is 5.97 Å². The Hall–Kier alpha value is -1.64. The summed E-state index contributed by atoms with van der Waals surface area (Å²) in [5.74, 6) is -1.20. The van der Waals surface area contributed by atoms with Crippen molar-refractivity contribution in [2.75, 3.05) is 11.8 Å². The molecular formula is C12H9ClFNO4S2. The number of hydrogen-bond donors (Lipinski definition) is 1. The van der Waals surface area contributed by atoms with Crippen LogP contribution in [0.1, 0.15) is 9.67 Å². The zero-order valence-electron chi connectivity index (χ0n) is 10.6. The van der Waals surface area contributed by atoms with Crippen LogP contribution in [0.2, 0.25) is 5.02 Å². The summed E-state index contributed by atoms with van der Waals surface area (Å²) in [6, 6.07) is 5.97. The highest BCUT2D eigenvalue weighted by molar-refractivity contribution is 7.94. The number of ether oxygens (including phenoxy) is 1. The Kier molecular flexibility index (Phi) is 4.50. The Morgan fingerprint density at radius 2 is 1.95 bits per heavy atom. The third kappa shape index (κ3) is 3.52. The lowest BCUT2D eigenvalue weighted by atomic mass is 10.3. The topological polar surface area (TPSA) is 72.5 Å². The van der Waals surface area contributed by atoms with Crippen molar-refractivity contribution in [3.05, 3.63) is 46.0 Å². The molecule has 112 valence electrons. The van der Waals surface area contributed by atoms with Gasteiger partial charge in [0.1, 0.15) is 14.9 Å². The zero-order chi connectivity index (χ0) is 15.6. The molecule has 1 N–H and O–H groups in total. The van der Waals surface area contributed by atoms with Crippen molar-refractivity contribution in [3.8, 4) is 0 Å². The van der Waals surface area contributed by atoms with Gasteiger partial charge in [-0.15, -0.1) is 11.3 Å². The number of nitrogens with one attached hydrogen (secondary N) is 1. The molecule has 21 heavy (non-hydrogen) atoms. The molecule has 0 radical (unpaired) electrons. The molecule has 0 atom stereocenters. The Balaban J connectivity index is 2.31. The smallest absolute Gasteiger partial charge is 0.349 e. The third-order valence-corrected chi connectivity index (χ3v) is 5.78. The average Bonchev–Trinajstić information content (AvgIpc) is 2.83. The zero-order valence-corrected chi connectivity index (χ0v) is 13.0. The molecule has 0 saturated carbocycles. The summed E-state index contributed by atoms with van der Waals surface area (Å²) in [5, 5.41) is -0.00803. The number of halogens is 2. The SMILES string of the molecule is COC(=O)c1sc(S(=O)(=O)Nc2ccc(F)cc2)cc1Cl. The standard InChI is InChI=1S/C12H9ClFNO4S2/c1-19-12(16)11-9(13)6-10(20-11)21(17,18)15-8-4-2-7(14)3-5-8/h2-6,15H,1H3. The second kappa shape index (κ2) is 6.00. The first-order valence-electron chi connectivity index (χ1n) is 5.49. The number of anilines is 1. The van der Waals surface area contributed by atoms with Crippen LogP contribution in [0.3, 0.4) is 0 Å². The minimum Gasteiger partial charge on any atom is -0.465 e. The van der Waals surface area contributed by atoms with Crippen LogP contribution in [-0.2, 0) is 14.8 Å². The van der Waals surface area contributed by atoms with Crippen molar-refractivity contribution in [1.29, 1.82) is 0 Å². The normalized spacial score (nSPS) is 11.2. The minimum absolute atomic E-state index is 0.00125. The second-order valence-electron chi connectivity index (χ2n) is 3.85. The number of carbonyl (C=O) groups excluding carboxylic acids is 1. The molecule has 0 amide bonds. The first-order chi connectivity index (χ1) is 9.83. The van der Waals surface area contributed by atoms with Crippen molar-refractivity contribution < 1.29 is 22.3 Å². The number of rotatable bonds is 4. The van der Waals surface area contributed by atoms with Gasteiger partial charge < -0.3 is 4.74 Å². The van der Waals surface area contributed by atoms with E-state index in [4.69, 9.17) is 11.6 Å². The number of esters is 1. The largest absolute Gasteiger partial charge is 0.465 e. The van der Waals surface area contributed by atoms with E-state index >= 15 is 0 Å². The van der Waals surface area contributed by atoms with Gasteiger partial charge in [0.15, 0.2) is 0 Å². The number of hydrogen-bond acceptors (Lipinski definition) is 5. The van der Waals surface area contributed by atoms with E-state index in [1.807, 2.05) is 0 Å². The summed E-state index contributed by atoms with van der Waals surface area (Å²) in [5.41, 5.74) is 0.195. The summed E-state index contributed by atoms with van der Waals surface area (Å²) in [7, 11) is -2.75. The van der Waals surface area contributed by atoms with Gasteiger partial charge in [-0.05, 0) is 30.3 Å². The number of benzene rings is 1. The predicted octanol–water partition coefficient (Wildman–Crippen LogP) is 3.13. The van der Waals surface area contributed by atoms with Gasteiger partial charge in [0.2, 0.25) is 0 Å². The molecule has 1 heterocycles. The highest BCUT2D eigenvalue weighted by Crippen LogP contribution is 2.31. The van der Waals surface area contributed by atoms with Crippen molar-refractivity contribution in [1.82, 2.24) is 0 Å². The van der Waals surface area contributed by atoms with Crippen LogP contribution in [0.4, 0.5) is 10.1 Å².